The van der Waals surface area contributed by atoms with Gasteiger partial charge in [-0.25, -0.2) is 12.8 Å². The maximum Gasteiger partial charge on any atom is 0.243 e. The number of nitrogen functional groups attached to an aromatic ring is 1. The van der Waals surface area contributed by atoms with Gasteiger partial charge in [-0.15, -0.1) is 0 Å². The minimum atomic E-state index is -3.78. The van der Waals surface area contributed by atoms with Gasteiger partial charge in [0.25, 0.3) is 0 Å². The molecular formula is C12H17FN2O4S. The normalized spacial score (nSPS) is 21.1. The van der Waals surface area contributed by atoms with Gasteiger partial charge in [0.05, 0.1) is 29.9 Å². The summed E-state index contributed by atoms with van der Waals surface area (Å²) >= 11 is 0. The van der Waals surface area contributed by atoms with E-state index < -0.39 is 21.9 Å². The van der Waals surface area contributed by atoms with Gasteiger partial charge >= 0.3 is 0 Å². The summed E-state index contributed by atoms with van der Waals surface area (Å²) in [4.78, 5) is -0.0185. The van der Waals surface area contributed by atoms with Crippen LogP contribution in [0.3, 0.4) is 0 Å². The van der Waals surface area contributed by atoms with Gasteiger partial charge in [-0.2, -0.15) is 4.31 Å². The quantitative estimate of drug-likeness (QED) is 0.773. The molecule has 0 saturated carbocycles. The van der Waals surface area contributed by atoms with E-state index in [4.69, 9.17) is 15.6 Å². The van der Waals surface area contributed by atoms with Crippen molar-refractivity contribution in [2.24, 2.45) is 0 Å². The van der Waals surface area contributed by atoms with Gasteiger partial charge in [-0.1, -0.05) is 0 Å². The van der Waals surface area contributed by atoms with E-state index in [1.165, 1.54) is 11.2 Å². The van der Waals surface area contributed by atoms with E-state index in [2.05, 4.69) is 0 Å². The third-order valence-corrected chi connectivity index (χ3v) is 5.22. The summed E-state index contributed by atoms with van der Waals surface area (Å²) < 4.78 is 44.8. The largest absolute Gasteiger partial charge is 0.396 e. The summed E-state index contributed by atoms with van der Waals surface area (Å²) in [5.41, 5.74) is 5.53. The number of hydrogen-bond donors (Lipinski definition) is 2. The molecule has 112 valence electrons. The summed E-state index contributed by atoms with van der Waals surface area (Å²) in [5, 5.41) is 9.06. The summed E-state index contributed by atoms with van der Waals surface area (Å²) in [5.74, 6) is -0.642. The molecule has 1 atom stereocenters. The van der Waals surface area contributed by atoms with Crippen LogP contribution in [0, 0.1) is 12.7 Å². The zero-order valence-corrected chi connectivity index (χ0v) is 11.9. The van der Waals surface area contributed by atoms with Crippen molar-refractivity contribution < 1.29 is 22.7 Å². The standard InChI is InChI=1S/C12H17FN2O4S/c1-8-4-10(13)11(14)5-12(8)20(17,18)15-2-3-19-9(6-15)7-16/h4-5,9,16H,2-3,6-7,14H2,1H3. The number of aryl methyl sites for hydroxylation is 1. The van der Waals surface area contributed by atoms with Crippen molar-refractivity contribution in [2.45, 2.75) is 17.9 Å². The molecule has 20 heavy (non-hydrogen) atoms. The molecule has 1 heterocycles. The Hall–Kier alpha value is -1.22. The summed E-state index contributed by atoms with van der Waals surface area (Å²) in [6.45, 7) is 1.72. The van der Waals surface area contributed by atoms with Crippen molar-refractivity contribution in [3.8, 4) is 0 Å². The molecule has 1 aromatic carbocycles. The molecule has 0 aliphatic carbocycles. The molecular weight excluding hydrogens is 287 g/mol. The minimum absolute atomic E-state index is 0.0185. The second-order valence-electron chi connectivity index (χ2n) is 4.68. The summed E-state index contributed by atoms with van der Waals surface area (Å²) in [6.07, 6.45) is -0.545. The second kappa shape index (κ2) is 5.65. The van der Waals surface area contributed by atoms with Crippen LogP contribution in [0.15, 0.2) is 17.0 Å². The Bertz CT molecular complexity index is 606. The van der Waals surface area contributed by atoms with Crippen LogP contribution in [0.25, 0.3) is 0 Å². The van der Waals surface area contributed by atoms with Crippen molar-refractivity contribution in [3.63, 3.8) is 0 Å². The number of halogens is 1. The number of morpholine rings is 1. The number of sulfonamides is 1. The highest BCUT2D eigenvalue weighted by Gasteiger charge is 2.31. The van der Waals surface area contributed by atoms with Crippen LogP contribution in [0.5, 0.6) is 0 Å². The number of aliphatic hydroxyl groups is 1. The molecule has 0 radical (unpaired) electrons. The number of rotatable bonds is 3. The van der Waals surface area contributed by atoms with Gasteiger partial charge in [0.15, 0.2) is 0 Å². The van der Waals surface area contributed by atoms with Crippen LogP contribution < -0.4 is 5.73 Å². The molecule has 8 heteroatoms. The number of nitrogens with zero attached hydrogens (tertiary/aromatic N) is 1. The SMILES string of the molecule is Cc1cc(F)c(N)cc1S(=O)(=O)N1CCOC(CO)C1. The lowest BCUT2D eigenvalue weighted by Gasteiger charge is -2.31. The van der Waals surface area contributed by atoms with Gasteiger partial charge < -0.3 is 15.6 Å². The lowest BCUT2D eigenvalue weighted by Crippen LogP contribution is -2.46. The van der Waals surface area contributed by atoms with Gasteiger partial charge in [-0.3, -0.25) is 0 Å². The van der Waals surface area contributed by atoms with E-state index in [9.17, 15) is 12.8 Å². The topological polar surface area (TPSA) is 92.9 Å². The summed E-state index contributed by atoms with van der Waals surface area (Å²) in [7, 11) is -3.78. The van der Waals surface area contributed by atoms with Crippen LogP contribution in [-0.2, 0) is 14.8 Å². The fourth-order valence-corrected chi connectivity index (χ4v) is 3.80. The Morgan fingerprint density at radius 1 is 1.55 bits per heavy atom. The fourth-order valence-electron chi connectivity index (χ4n) is 2.11. The molecule has 0 aromatic heterocycles. The minimum Gasteiger partial charge on any atom is -0.396 e. The monoisotopic (exact) mass is 304 g/mol. The Labute approximate surface area is 117 Å². The molecule has 0 bridgehead atoms. The average Bonchev–Trinajstić information content (AvgIpc) is 2.42. The first-order chi connectivity index (χ1) is 9.36. The van der Waals surface area contributed by atoms with E-state index in [-0.39, 0.29) is 36.9 Å². The predicted octanol–water partition coefficient (Wildman–Crippen LogP) is 0.0981. The number of aliphatic hydroxyl groups excluding tert-OH is 1. The van der Waals surface area contributed by atoms with Crippen LogP contribution in [-0.4, -0.2) is 50.2 Å². The lowest BCUT2D eigenvalue weighted by molar-refractivity contribution is -0.0304. The highest BCUT2D eigenvalue weighted by Crippen LogP contribution is 2.25. The Kier molecular flexibility index (Phi) is 4.28. The van der Waals surface area contributed by atoms with E-state index in [1.54, 1.807) is 0 Å². The van der Waals surface area contributed by atoms with Crippen molar-refractivity contribution in [2.75, 3.05) is 32.0 Å². The molecule has 6 nitrogen and oxygen atoms in total. The maximum absolute atomic E-state index is 13.3. The van der Waals surface area contributed by atoms with Gasteiger partial charge in [0.1, 0.15) is 5.82 Å². The van der Waals surface area contributed by atoms with Crippen LogP contribution in [0.2, 0.25) is 0 Å². The second-order valence-corrected chi connectivity index (χ2v) is 6.58. The van der Waals surface area contributed by atoms with E-state index in [1.807, 2.05) is 0 Å². The van der Waals surface area contributed by atoms with E-state index in [0.717, 1.165) is 12.1 Å². The first-order valence-corrected chi connectivity index (χ1v) is 7.58. The highest BCUT2D eigenvalue weighted by molar-refractivity contribution is 7.89. The molecule has 0 amide bonds. The first-order valence-electron chi connectivity index (χ1n) is 6.14. The zero-order valence-electron chi connectivity index (χ0n) is 11.0. The average molecular weight is 304 g/mol. The molecule has 2 rings (SSSR count). The number of anilines is 1. The third kappa shape index (κ3) is 2.78. The highest BCUT2D eigenvalue weighted by atomic mass is 32.2. The van der Waals surface area contributed by atoms with Gasteiger partial charge in [0.2, 0.25) is 10.0 Å². The van der Waals surface area contributed by atoms with Crippen LogP contribution in [0.1, 0.15) is 5.56 Å². The third-order valence-electron chi connectivity index (χ3n) is 3.22. The molecule has 3 N–H and O–H groups in total. The van der Waals surface area contributed by atoms with E-state index >= 15 is 0 Å². The molecule has 1 saturated heterocycles. The van der Waals surface area contributed by atoms with Crippen molar-refractivity contribution >= 4 is 15.7 Å². The number of ether oxygens (including phenoxy) is 1. The predicted molar refractivity (Wildman–Crippen MR) is 71.1 cm³/mol. The molecule has 1 aromatic rings. The van der Waals surface area contributed by atoms with Gasteiger partial charge in [-0.05, 0) is 24.6 Å². The lowest BCUT2D eigenvalue weighted by atomic mass is 10.2. The Morgan fingerprint density at radius 2 is 2.25 bits per heavy atom. The molecule has 1 unspecified atom stereocenters. The molecule has 1 aliphatic rings. The molecule has 0 spiro atoms. The number of benzene rings is 1. The molecule has 1 aliphatic heterocycles. The van der Waals surface area contributed by atoms with Crippen molar-refractivity contribution in [3.05, 3.63) is 23.5 Å². The first kappa shape index (κ1) is 15.2. The summed E-state index contributed by atoms with van der Waals surface area (Å²) in [6, 6.07) is 2.23. The van der Waals surface area contributed by atoms with Crippen molar-refractivity contribution in [1.29, 1.82) is 0 Å². The Balaban J connectivity index is 2.37. The Morgan fingerprint density at radius 3 is 2.90 bits per heavy atom. The molecule has 1 fully saturated rings. The number of hydrogen-bond acceptors (Lipinski definition) is 5. The maximum atomic E-state index is 13.3. The van der Waals surface area contributed by atoms with Crippen LogP contribution in [0.4, 0.5) is 10.1 Å². The van der Waals surface area contributed by atoms with Crippen molar-refractivity contribution in [1.82, 2.24) is 4.31 Å². The zero-order chi connectivity index (χ0) is 14.9. The number of nitrogens with two attached hydrogens (primary N) is 1. The fraction of sp³-hybridized carbons (Fsp3) is 0.500. The smallest absolute Gasteiger partial charge is 0.243 e. The van der Waals surface area contributed by atoms with E-state index in [0.29, 0.717) is 5.56 Å². The van der Waals surface area contributed by atoms with Crippen LogP contribution >= 0.6 is 0 Å². The van der Waals surface area contributed by atoms with Gasteiger partial charge in [0, 0.05) is 13.1 Å².